The van der Waals surface area contributed by atoms with Crippen LogP contribution in [0, 0.1) is 0 Å². The number of amides is 1. The zero-order valence-corrected chi connectivity index (χ0v) is 17.8. The number of para-hydroxylation sites is 1. The minimum Gasteiger partial charge on any atom is -0.367 e. The van der Waals surface area contributed by atoms with Crippen LogP contribution in [0.4, 0.5) is 5.69 Å². The summed E-state index contributed by atoms with van der Waals surface area (Å²) >= 11 is 9.81. The maximum atomic E-state index is 13.2. The molecule has 1 fully saturated rings. The second kappa shape index (κ2) is 9.03. The molecule has 0 bridgehead atoms. The van der Waals surface area contributed by atoms with E-state index in [-0.39, 0.29) is 5.91 Å². The third-order valence-corrected chi connectivity index (χ3v) is 7.33. The second-order valence-electron chi connectivity index (χ2n) is 6.59. The molecule has 0 atom stereocenters. The predicted octanol–water partition coefficient (Wildman–Crippen LogP) is 5.66. The van der Waals surface area contributed by atoms with Crippen LogP contribution >= 0.6 is 34.7 Å². The van der Waals surface area contributed by atoms with Crippen molar-refractivity contribution >= 4 is 46.3 Å². The molecule has 0 N–H and O–H groups in total. The molecule has 0 radical (unpaired) electrons. The fourth-order valence-corrected chi connectivity index (χ4v) is 5.41. The van der Waals surface area contributed by atoms with E-state index in [1.807, 2.05) is 53.4 Å². The van der Waals surface area contributed by atoms with E-state index < -0.39 is 0 Å². The molecule has 1 aromatic heterocycles. The maximum absolute atomic E-state index is 13.2. The average molecular weight is 429 g/mol. The molecule has 1 aliphatic rings. The highest BCUT2D eigenvalue weighted by atomic mass is 35.5. The number of thiophene rings is 1. The highest BCUT2D eigenvalue weighted by molar-refractivity contribution is 7.98. The molecule has 2 aromatic carbocycles. The summed E-state index contributed by atoms with van der Waals surface area (Å²) < 4.78 is 0. The zero-order valence-electron chi connectivity index (χ0n) is 15.4. The van der Waals surface area contributed by atoms with Gasteiger partial charge in [0, 0.05) is 41.7 Å². The minimum atomic E-state index is 0.119. The Morgan fingerprint density at radius 3 is 2.46 bits per heavy atom. The Labute approximate surface area is 178 Å². The number of anilines is 1. The lowest BCUT2D eigenvalue weighted by atomic mass is 10.1. The number of carbonyl (C=O) groups is 1. The van der Waals surface area contributed by atoms with Crippen LogP contribution in [0.2, 0.25) is 5.02 Å². The summed E-state index contributed by atoms with van der Waals surface area (Å²) in [4.78, 5) is 19.7. The molecule has 6 heteroatoms. The molecular formula is C22H21ClN2OS2. The first kappa shape index (κ1) is 19.4. The van der Waals surface area contributed by atoms with Gasteiger partial charge in [0.15, 0.2) is 0 Å². The summed E-state index contributed by atoms with van der Waals surface area (Å²) in [6, 6.07) is 20.0. The summed E-state index contributed by atoms with van der Waals surface area (Å²) in [5.74, 6) is 1.01. The van der Waals surface area contributed by atoms with Gasteiger partial charge in [0.2, 0.25) is 0 Å². The molecule has 3 nitrogen and oxygen atoms in total. The molecule has 3 aromatic rings. The number of rotatable bonds is 5. The standard InChI is InChI=1S/C22H21ClN2OS2/c23-19-8-2-3-9-20(19)24-11-13-25(14-12-24)22(26)18-7-1-4-10-21(18)28-16-17-6-5-15-27-17/h1-10,15H,11-14,16H2. The summed E-state index contributed by atoms with van der Waals surface area (Å²) in [5.41, 5.74) is 1.85. The van der Waals surface area contributed by atoms with E-state index in [1.165, 1.54) is 4.88 Å². The van der Waals surface area contributed by atoms with Crippen LogP contribution in [0.3, 0.4) is 0 Å². The smallest absolute Gasteiger partial charge is 0.255 e. The summed E-state index contributed by atoms with van der Waals surface area (Å²) in [6.07, 6.45) is 0. The van der Waals surface area contributed by atoms with Crippen molar-refractivity contribution in [2.75, 3.05) is 31.1 Å². The largest absolute Gasteiger partial charge is 0.367 e. The van der Waals surface area contributed by atoms with Crippen molar-refractivity contribution in [3.05, 3.63) is 81.5 Å². The maximum Gasteiger partial charge on any atom is 0.255 e. The van der Waals surface area contributed by atoms with Crippen molar-refractivity contribution in [3.63, 3.8) is 0 Å². The molecule has 1 aliphatic heterocycles. The summed E-state index contributed by atoms with van der Waals surface area (Å²) in [6.45, 7) is 2.99. The number of hydrogen-bond donors (Lipinski definition) is 0. The number of benzene rings is 2. The Bertz CT molecular complexity index is 937. The Kier molecular flexibility index (Phi) is 6.25. The van der Waals surface area contributed by atoms with Crippen molar-refractivity contribution < 1.29 is 4.79 Å². The SMILES string of the molecule is O=C(c1ccccc1SCc1cccs1)N1CCN(c2ccccc2Cl)CC1. The molecule has 1 saturated heterocycles. The summed E-state index contributed by atoms with van der Waals surface area (Å²) in [7, 11) is 0. The highest BCUT2D eigenvalue weighted by Gasteiger charge is 2.24. The van der Waals surface area contributed by atoms with Crippen LogP contribution < -0.4 is 4.90 Å². The zero-order chi connectivity index (χ0) is 19.3. The Morgan fingerprint density at radius 2 is 1.71 bits per heavy atom. The number of hydrogen-bond acceptors (Lipinski definition) is 4. The van der Waals surface area contributed by atoms with Crippen LogP contribution in [0.5, 0.6) is 0 Å². The third kappa shape index (κ3) is 4.37. The molecule has 0 spiro atoms. The quantitative estimate of drug-likeness (QED) is 0.490. The fourth-order valence-electron chi connectivity index (χ4n) is 3.34. The lowest BCUT2D eigenvalue weighted by molar-refractivity contribution is 0.0743. The first-order valence-electron chi connectivity index (χ1n) is 9.25. The van der Waals surface area contributed by atoms with Gasteiger partial charge in [-0.25, -0.2) is 0 Å². The van der Waals surface area contributed by atoms with Gasteiger partial charge in [0.05, 0.1) is 16.3 Å². The lowest BCUT2D eigenvalue weighted by Gasteiger charge is -2.36. The van der Waals surface area contributed by atoms with Crippen molar-refractivity contribution in [3.8, 4) is 0 Å². The summed E-state index contributed by atoms with van der Waals surface area (Å²) in [5, 5.41) is 2.85. The molecule has 1 amide bonds. The van der Waals surface area contributed by atoms with Gasteiger partial charge in [-0.1, -0.05) is 41.9 Å². The van der Waals surface area contributed by atoms with Gasteiger partial charge in [0.25, 0.3) is 5.91 Å². The van der Waals surface area contributed by atoms with Gasteiger partial charge in [-0.05, 0) is 35.7 Å². The van der Waals surface area contributed by atoms with E-state index in [0.29, 0.717) is 13.1 Å². The Balaban J connectivity index is 1.42. The van der Waals surface area contributed by atoms with E-state index in [1.54, 1.807) is 23.1 Å². The highest BCUT2D eigenvalue weighted by Crippen LogP contribution is 2.30. The molecule has 144 valence electrons. The Hall–Kier alpha value is -1.95. The molecule has 0 saturated carbocycles. The van der Waals surface area contributed by atoms with Crippen LogP contribution in [0.15, 0.2) is 70.9 Å². The van der Waals surface area contributed by atoms with E-state index in [0.717, 1.165) is 40.0 Å². The Morgan fingerprint density at radius 1 is 0.964 bits per heavy atom. The number of nitrogens with zero attached hydrogens (tertiary/aromatic N) is 2. The first-order valence-corrected chi connectivity index (χ1v) is 11.5. The lowest BCUT2D eigenvalue weighted by Crippen LogP contribution is -2.49. The van der Waals surface area contributed by atoms with Crippen LogP contribution in [0.1, 0.15) is 15.2 Å². The number of piperazine rings is 1. The topological polar surface area (TPSA) is 23.6 Å². The van der Waals surface area contributed by atoms with E-state index in [4.69, 9.17) is 11.6 Å². The van der Waals surface area contributed by atoms with Gasteiger partial charge in [-0.15, -0.1) is 23.1 Å². The van der Waals surface area contributed by atoms with E-state index in [2.05, 4.69) is 22.4 Å². The van der Waals surface area contributed by atoms with E-state index in [9.17, 15) is 4.79 Å². The first-order chi connectivity index (χ1) is 13.7. The normalized spacial score (nSPS) is 14.3. The van der Waals surface area contributed by atoms with Gasteiger partial charge in [-0.3, -0.25) is 4.79 Å². The van der Waals surface area contributed by atoms with Gasteiger partial charge >= 0.3 is 0 Å². The molecule has 0 unspecified atom stereocenters. The fraction of sp³-hybridized carbons (Fsp3) is 0.227. The molecule has 0 aliphatic carbocycles. The van der Waals surface area contributed by atoms with Crippen molar-refractivity contribution in [1.29, 1.82) is 0 Å². The minimum absolute atomic E-state index is 0.119. The second-order valence-corrected chi connectivity index (χ2v) is 9.05. The molecular weight excluding hydrogens is 408 g/mol. The van der Waals surface area contributed by atoms with Gasteiger partial charge in [-0.2, -0.15) is 0 Å². The van der Waals surface area contributed by atoms with Crippen LogP contribution in [-0.4, -0.2) is 37.0 Å². The third-order valence-electron chi connectivity index (χ3n) is 4.83. The average Bonchev–Trinajstić information content (AvgIpc) is 3.26. The van der Waals surface area contributed by atoms with Gasteiger partial charge in [0.1, 0.15) is 0 Å². The van der Waals surface area contributed by atoms with Crippen molar-refractivity contribution in [2.24, 2.45) is 0 Å². The monoisotopic (exact) mass is 428 g/mol. The number of thioether (sulfide) groups is 1. The van der Waals surface area contributed by atoms with Crippen LogP contribution in [-0.2, 0) is 5.75 Å². The van der Waals surface area contributed by atoms with Crippen molar-refractivity contribution in [2.45, 2.75) is 10.6 Å². The number of carbonyl (C=O) groups excluding carboxylic acids is 1. The molecule has 28 heavy (non-hydrogen) atoms. The molecule has 2 heterocycles. The molecule has 4 rings (SSSR count). The van der Waals surface area contributed by atoms with E-state index >= 15 is 0 Å². The van der Waals surface area contributed by atoms with Gasteiger partial charge < -0.3 is 9.80 Å². The predicted molar refractivity (Wildman–Crippen MR) is 120 cm³/mol. The van der Waals surface area contributed by atoms with Crippen molar-refractivity contribution in [1.82, 2.24) is 4.90 Å². The van der Waals surface area contributed by atoms with Crippen LogP contribution in [0.25, 0.3) is 0 Å². The number of halogens is 1.